The second kappa shape index (κ2) is 6.83. The maximum absolute atomic E-state index is 6.09. The fourth-order valence-electron chi connectivity index (χ4n) is 4.56. The lowest BCUT2D eigenvalue weighted by Crippen LogP contribution is -2.44. The van der Waals surface area contributed by atoms with Crippen molar-refractivity contribution in [1.29, 1.82) is 0 Å². The molecule has 2 saturated heterocycles. The summed E-state index contributed by atoms with van der Waals surface area (Å²) in [5.41, 5.74) is 2.00. The Morgan fingerprint density at radius 2 is 2.09 bits per heavy atom. The summed E-state index contributed by atoms with van der Waals surface area (Å²) in [7, 11) is 2.29. The molecular weight excluding hydrogens is 304 g/mol. The highest BCUT2D eigenvalue weighted by Gasteiger charge is 2.46. The van der Waals surface area contributed by atoms with Gasteiger partial charge in [-0.15, -0.1) is 0 Å². The molecular formula is C19H30N2OS. The number of ether oxygens (including phenoxy) is 1. The van der Waals surface area contributed by atoms with Crippen LogP contribution in [-0.4, -0.2) is 56.2 Å². The number of rotatable bonds is 6. The molecule has 3 fully saturated rings. The van der Waals surface area contributed by atoms with E-state index in [0.717, 1.165) is 31.6 Å². The molecule has 128 valence electrons. The monoisotopic (exact) mass is 334 g/mol. The summed E-state index contributed by atoms with van der Waals surface area (Å²) in [6, 6.07) is 2.27. The molecule has 1 spiro atoms. The molecule has 1 aromatic rings. The first-order valence-corrected chi connectivity index (χ1v) is 10.2. The van der Waals surface area contributed by atoms with E-state index in [4.69, 9.17) is 4.74 Å². The first-order chi connectivity index (χ1) is 11.2. The summed E-state index contributed by atoms with van der Waals surface area (Å²) in [6.07, 6.45) is 5.48. The molecule has 0 unspecified atom stereocenters. The lowest BCUT2D eigenvalue weighted by molar-refractivity contribution is 0.0168. The molecule has 3 aliphatic rings. The van der Waals surface area contributed by atoms with Crippen LogP contribution in [0.3, 0.4) is 0 Å². The molecule has 4 heteroatoms. The van der Waals surface area contributed by atoms with Crippen LogP contribution < -0.4 is 0 Å². The van der Waals surface area contributed by atoms with Gasteiger partial charge in [0.05, 0.1) is 6.61 Å². The minimum absolute atomic E-state index is 0.517. The predicted octanol–water partition coefficient (Wildman–Crippen LogP) is 3.32. The van der Waals surface area contributed by atoms with Crippen LogP contribution in [0, 0.1) is 17.3 Å². The van der Waals surface area contributed by atoms with Crippen LogP contribution in [0.1, 0.15) is 31.2 Å². The number of thiophene rings is 1. The molecule has 4 rings (SSSR count). The van der Waals surface area contributed by atoms with E-state index in [2.05, 4.69) is 33.7 Å². The van der Waals surface area contributed by atoms with Crippen LogP contribution in [0.4, 0.5) is 0 Å². The largest absolute Gasteiger partial charge is 0.381 e. The average molecular weight is 335 g/mol. The third-order valence-electron chi connectivity index (χ3n) is 6.19. The van der Waals surface area contributed by atoms with Gasteiger partial charge in [0.2, 0.25) is 0 Å². The van der Waals surface area contributed by atoms with Crippen LogP contribution in [0.5, 0.6) is 0 Å². The number of piperidine rings is 1. The summed E-state index contributed by atoms with van der Waals surface area (Å²) >= 11 is 1.81. The SMILES string of the molecule is CN1C[C@H](COCC2CC2)C2(CCN(Cc3ccsc3)CC2)C1. The van der Waals surface area contributed by atoms with Gasteiger partial charge in [0.1, 0.15) is 0 Å². The zero-order valence-electron chi connectivity index (χ0n) is 14.4. The van der Waals surface area contributed by atoms with Crippen LogP contribution in [-0.2, 0) is 11.3 Å². The summed E-state index contributed by atoms with van der Waals surface area (Å²) in [6.45, 7) is 8.15. The van der Waals surface area contributed by atoms with Gasteiger partial charge in [-0.1, -0.05) is 0 Å². The van der Waals surface area contributed by atoms with E-state index in [-0.39, 0.29) is 0 Å². The Labute approximate surface area is 144 Å². The van der Waals surface area contributed by atoms with Gasteiger partial charge in [-0.3, -0.25) is 4.90 Å². The van der Waals surface area contributed by atoms with Crippen molar-refractivity contribution in [3.05, 3.63) is 22.4 Å². The number of likely N-dealkylation sites (tertiary alicyclic amines) is 2. The van der Waals surface area contributed by atoms with Gasteiger partial charge in [-0.25, -0.2) is 0 Å². The Bertz CT molecular complexity index is 491. The summed E-state index contributed by atoms with van der Waals surface area (Å²) in [5.74, 6) is 1.63. The van der Waals surface area contributed by atoms with Gasteiger partial charge >= 0.3 is 0 Å². The smallest absolute Gasteiger partial charge is 0.0512 e. The molecule has 1 aromatic heterocycles. The van der Waals surface area contributed by atoms with Crippen molar-refractivity contribution in [2.24, 2.45) is 17.3 Å². The second-order valence-corrected chi connectivity index (χ2v) is 8.92. The van der Waals surface area contributed by atoms with E-state index in [1.807, 2.05) is 11.3 Å². The van der Waals surface area contributed by atoms with Gasteiger partial charge in [0.15, 0.2) is 0 Å². The molecule has 23 heavy (non-hydrogen) atoms. The van der Waals surface area contributed by atoms with Gasteiger partial charge in [0.25, 0.3) is 0 Å². The lowest BCUT2D eigenvalue weighted by Gasteiger charge is -2.42. The Hall–Kier alpha value is -0.420. The first kappa shape index (κ1) is 16.1. The molecule has 3 heterocycles. The Morgan fingerprint density at radius 1 is 1.26 bits per heavy atom. The lowest BCUT2D eigenvalue weighted by atomic mass is 9.71. The number of hydrogen-bond donors (Lipinski definition) is 0. The van der Waals surface area contributed by atoms with E-state index >= 15 is 0 Å². The van der Waals surface area contributed by atoms with Gasteiger partial charge < -0.3 is 9.64 Å². The Balaban J connectivity index is 1.31. The third kappa shape index (κ3) is 3.81. The van der Waals surface area contributed by atoms with Crippen molar-refractivity contribution < 1.29 is 4.74 Å². The maximum atomic E-state index is 6.09. The van der Waals surface area contributed by atoms with E-state index < -0.39 is 0 Å². The highest BCUT2D eigenvalue weighted by atomic mass is 32.1. The number of nitrogens with zero attached hydrogens (tertiary/aromatic N) is 2. The second-order valence-electron chi connectivity index (χ2n) is 8.14. The molecule has 0 aromatic carbocycles. The topological polar surface area (TPSA) is 15.7 Å². The van der Waals surface area contributed by atoms with Gasteiger partial charge in [0, 0.05) is 32.2 Å². The standard InChI is InChI=1S/C19H30N2OS/c1-20-11-18(13-22-12-16-2-3-16)19(15-20)5-7-21(8-6-19)10-17-4-9-23-14-17/h4,9,14,16,18H,2-3,5-8,10-13,15H2,1H3/t18-/m1/s1. The summed E-state index contributed by atoms with van der Waals surface area (Å²) in [4.78, 5) is 5.19. The van der Waals surface area contributed by atoms with Crippen LogP contribution in [0.25, 0.3) is 0 Å². The van der Waals surface area contributed by atoms with E-state index in [9.17, 15) is 0 Å². The first-order valence-electron chi connectivity index (χ1n) is 9.23. The minimum Gasteiger partial charge on any atom is -0.381 e. The van der Waals surface area contributed by atoms with Crippen molar-refractivity contribution in [1.82, 2.24) is 9.80 Å². The van der Waals surface area contributed by atoms with E-state index in [1.165, 1.54) is 57.4 Å². The van der Waals surface area contributed by atoms with Crippen molar-refractivity contribution in [3.63, 3.8) is 0 Å². The van der Waals surface area contributed by atoms with Crippen LogP contribution in [0.15, 0.2) is 16.8 Å². The molecule has 2 aliphatic heterocycles. The molecule has 1 aliphatic carbocycles. The molecule has 0 radical (unpaired) electrons. The molecule has 1 atom stereocenters. The molecule has 0 N–H and O–H groups in total. The van der Waals surface area contributed by atoms with Crippen LogP contribution in [0.2, 0.25) is 0 Å². The molecule has 1 saturated carbocycles. The van der Waals surface area contributed by atoms with Crippen molar-refractivity contribution >= 4 is 11.3 Å². The zero-order chi connectivity index (χ0) is 15.7. The zero-order valence-corrected chi connectivity index (χ0v) is 15.2. The van der Waals surface area contributed by atoms with E-state index in [1.54, 1.807) is 0 Å². The normalized spacial score (nSPS) is 28.7. The molecule has 0 bridgehead atoms. The highest BCUT2D eigenvalue weighted by Crippen LogP contribution is 2.44. The fraction of sp³-hybridized carbons (Fsp3) is 0.789. The average Bonchev–Trinajstić information content (AvgIpc) is 3.12. The molecule has 0 amide bonds. The van der Waals surface area contributed by atoms with E-state index in [0.29, 0.717) is 5.41 Å². The fourth-order valence-corrected chi connectivity index (χ4v) is 5.22. The molecule has 3 nitrogen and oxygen atoms in total. The minimum atomic E-state index is 0.517. The Morgan fingerprint density at radius 3 is 2.78 bits per heavy atom. The van der Waals surface area contributed by atoms with Gasteiger partial charge in [-0.05, 0) is 79.5 Å². The summed E-state index contributed by atoms with van der Waals surface area (Å²) in [5, 5.41) is 4.49. The maximum Gasteiger partial charge on any atom is 0.0512 e. The predicted molar refractivity (Wildman–Crippen MR) is 95.8 cm³/mol. The highest BCUT2D eigenvalue weighted by molar-refractivity contribution is 7.07. The van der Waals surface area contributed by atoms with Crippen LogP contribution >= 0.6 is 11.3 Å². The Kier molecular flexibility index (Phi) is 4.77. The summed E-state index contributed by atoms with van der Waals surface area (Å²) < 4.78 is 6.09. The third-order valence-corrected chi connectivity index (χ3v) is 6.92. The van der Waals surface area contributed by atoms with Crippen molar-refractivity contribution in [2.45, 2.75) is 32.2 Å². The quantitative estimate of drug-likeness (QED) is 0.794. The van der Waals surface area contributed by atoms with Crippen molar-refractivity contribution in [3.8, 4) is 0 Å². The number of hydrogen-bond acceptors (Lipinski definition) is 4. The van der Waals surface area contributed by atoms with Crippen molar-refractivity contribution in [2.75, 3.05) is 46.4 Å². The van der Waals surface area contributed by atoms with Gasteiger partial charge in [-0.2, -0.15) is 11.3 Å².